The zero-order chi connectivity index (χ0) is 15.6. The number of furan rings is 1. The molecule has 0 atom stereocenters. The SMILES string of the molecule is CN=C(NCCNC(=O)c1ccco1)NCCn1cccc1. The monoisotopic (exact) mass is 303 g/mol. The number of aromatic nitrogens is 1. The number of nitrogens with zero attached hydrogens (tertiary/aromatic N) is 2. The van der Waals surface area contributed by atoms with Crippen LogP contribution in [0.3, 0.4) is 0 Å². The normalized spacial score (nSPS) is 11.2. The Morgan fingerprint density at radius 1 is 1.14 bits per heavy atom. The van der Waals surface area contributed by atoms with Gasteiger partial charge in [-0.05, 0) is 24.3 Å². The van der Waals surface area contributed by atoms with Crippen molar-refractivity contribution in [2.24, 2.45) is 4.99 Å². The summed E-state index contributed by atoms with van der Waals surface area (Å²) >= 11 is 0. The summed E-state index contributed by atoms with van der Waals surface area (Å²) < 4.78 is 7.10. The predicted molar refractivity (Wildman–Crippen MR) is 84.8 cm³/mol. The summed E-state index contributed by atoms with van der Waals surface area (Å²) in [6, 6.07) is 7.30. The van der Waals surface area contributed by atoms with Crippen LogP contribution in [0.5, 0.6) is 0 Å². The maximum Gasteiger partial charge on any atom is 0.287 e. The van der Waals surface area contributed by atoms with Crippen LogP contribution in [0.15, 0.2) is 52.3 Å². The third-order valence-corrected chi connectivity index (χ3v) is 3.00. The smallest absolute Gasteiger partial charge is 0.287 e. The first-order valence-corrected chi connectivity index (χ1v) is 7.16. The molecule has 0 aromatic carbocycles. The Hall–Kier alpha value is -2.70. The summed E-state index contributed by atoms with van der Waals surface area (Å²) in [5.74, 6) is 0.802. The van der Waals surface area contributed by atoms with Crippen molar-refractivity contribution in [3.05, 3.63) is 48.7 Å². The van der Waals surface area contributed by atoms with E-state index < -0.39 is 0 Å². The highest BCUT2D eigenvalue weighted by Gasteiger charge is 2.06. The van der Waals surface area contributed by atoms with Gasteiger partial charge in [0.2, 0.25) is 0 Å². The van der Waals surface area contributed by atoms with Crippen LogP contribution in [0.1, 0.15) is 10.6 Å². The maximum atomic E-state index is 11.6. The van der Waals surface area contributed by atoms with E-state index >= 15 is 0 Å². The largest absolute Gasteiger partial charge is 0.459 e. The van der Waals surface area contributed by atoms with E-state index in [0.717, 1.165) is 13.1 Å². The first-order valence-electron chi connectivity index (χ1n) is 7.16. The molecule has 22 heavy (non-hydrogen) atoms. The third-order valence-electron chi connectivity index (χ3n) is 3.00. The van der Waals surface area contributed by atoms with Gasteiger partial charge in [-0.2, -0.15) is 0 Å². The highest BCUT2D eigenvalue weighted by Crippen LogP contribution is 1.98. The minimum absolute atomic E-state index is 0.220. The molecule has 118 valence electrons. The maximum absolute atomic E-state index is 11.6. The number of aliphatic imine (C=N–C) groups is 1. The lowest BCUT2D eigenvalue weighted by Crippen LogP contribution is -2.42. The zero-order valence-electron chi connectivity index (χ0n) is 12.6. The number of carbonyl (C=O) groups is 1. The Morgan fingerprint density at radius 3 is 2.55 bits per heavy atom. The standard InChI is InChI=1S/C15H21N5O2/c1-16-15(19-8-11-20-9-2-3-10-20)18-7-6-17-14(21)13-5-4-12-22-13/h2-5,9-10,12H,6-8,11H2,1H3,(H,17,21)(H2,16,18,19). The van der Waals surface area contributed by atoms with Crippen molar-refractivity contribution in [1.29, 1.82) is 0 Å². The lowest BCUT2D eigenvalue weighted by Gasteiger charge is -2.12. The van der Waals surface area contributed by atoms with E-state index in [1.165, 1.54) is 6.26 Å². The zero-order valence-corrected chi connectivity index (χ0v) is 12.6. The molecule has 0 saturated heterocycles. The van der Waals surface area contributed by atoms with Crippen LogP contribution in [0, 0.1) is 0 Å². The van der Waals surface area contributed by atoms with Gasteiger partial charge < -0.3 is 24.9 Å². The van der Waals surface area contributed by atoms with Crippen LogP contribution in [-0.2, 0) is 6.54 Å². The van der Waals surface area contributed by atoms with Gasteiger partial charge in [-0.15, -0.1) is 0 Å². The molecule has 0 spiro atoms. The van der Waals surface area contributed by atoms with Crippen molar-refractivity contribution in [1.82, 2.24) is 20.5 Å². The van der Waals surface area contributed by atoms with Crippen molar-refractivity contribution in [2.45, 2.75) is 6.54 Å². The van der Waals surface area contributed by atoms with Crippen LogP contribution in [0.4, 0.5) is 0 Å². The van der Waals surface area contributed by atoms with Crippen LogP contribution in [0.2, 0.25) is 0 Å². The fourth-order valence-corrected chi connectivity index (χ4v) is 1.90. The van der Waals surface area contributed by atoms with E-state index in [0.29, 0.717) is 24.8 Å². The summed E-state index contributed by atoms with van der Waals surface area (Å²) in [4.78, 5) is 15.8. The van der Waals surface area contributed by atoms with Gasteiger partial charge in [0.05, 0.1) is 6.26 Å². The number of carbonyl (C=O) groups excluding carboxylic acids is 1. The molecule has 2 heterocycles. The first kappa shape index (κ1) is 15.7. The van der Waals surface area contributed by atoms with Crippen molar-refractivity contribution in [2.75, 3.05) is 26.7 Å². The number of nitrogens with one attached hydrogen (secondary N) is 3. The van der Waals surface area contributed by atoms with Crippen LogP contribution < -0.4 is 16.0 Å². The molecular formula is C15H21N5O2. The molecule has 0 aliphatic rings. The summed E-state index contributed by atoms with van der Waals surface area (Å²) in [5, 5.41) is 9.11. The molecule has 7 nitrogen and oxygen atoms in total. The Bertz CT molecular complexity index is 575. The minimum atomic E-state index is -0.220. The van der Waals surface area contributed by atoms with E-state index in [4.69, 9.17) is 4.42 Å². The molecule has 7 heteroatoms. The Kier molecular flexibility index (Phi) is 6.10. The van der Waals surface area contributed by atoms with Gasteiger partial charge in [-0.1, -0.05) is 0 Å². The quantitative estimate of drug-likeness (QED) is 0.399. The lowest BCUT2D eigenvalue weighted by atomic mass is 10.4. The molecule has 1 amide bonds. The Morgan fingerprint density at radius 2 is 1.86 bits per heavy atom. The van der Waals surface area contributed by atoms with E-state index in [1.54, 1.807) is 19.2 Å². The van der Waals surface area contributed by atoms with Gasteiger partial charge in [0, 0.05) is 45.6 Å². The van der Waals surface area contributed by atoms with Gasteiger partial charge in [0.15, 0.2) is 11.7 Å². The number of hydrogen-bond donors (Lipinski definition) is 3. The first-order chi connectivity index (χ1) is 10.8. The van der Waals surface area contributed by atoms with E-state index in [9.17, 15) is 4.79 Å². The number of hydrogen-bond acceptors (Lipinski definition) is 3. The van der Waals surface area contributed by atoms with Gasteiger partial charge in [-0.3, -0.25) is 9.79 Å². The fourth-order valence-electron chi connectivity index (χ4n) is 1.90. The molecular weight excluding hydrogens is 282 g/mol. The number of amides is 1. The summed E-state index contributed by atoms with van der Waals surface area (Å²) in [6.45, 7) is 2.70. The predicted octanol–water partition coefficient (Wildman–Crippen LogP) is 0.676. The fraction of sp³-hybridized carbons (Fsp3) is 0.333. The van der Waals surface area contributed by atoms with Crippen molar-refractivity contribution in [3.63, 3.8) is 0 Å². The summed E-state index contributed by atoms with van der Waals surface area (Å²) in [7, 11) is 1.71. The average molecular weight is 303 g/mol. The molecule has 2 rings (SSSR count). The minimum Gasteiger partial charge on any atom is -0.459 e. The topological polar surface area (TPSA) is 83.6 Å². The molecule has 0 bridgehead atoms. The van der Waals surface area contributed by atoms with Crippen molar-refractivity contribution in [3.8, 4) is 0 Å². The van der Waals surface area contributed by atoms with Gasteiger partial charge in [-0.25, -0.2) is 0 Å². The van der Waals surface area contributed by atoms with Gasteiger partial charge >= 0.3 is 0 Å². The molecule has 2 aromatic rings. The summed E-state index contributed by atoms with van der Waals surface area (Å²) in [5.41, 5.74) is 0. The Labute approximate surface area is 129 Å². The second-order valence-corrected chi connectivity index (χ2v) is 4.58. The molecule has 0 aliphatic heterocycles. The highest BCUT2D eigenvalue weighted by molar-refractivity contribution is 5.91. The summed E-state index contributed by atoms with van der Waals surface area (Å²) in [6.07, 6.45) is 5.51. The molecule has 3 N–H and O–H groups in total. The van der Waals surface area contributed by atoms with Crippen LogP contribution in [-0.4, -0.2) is 43.1 Å². The van der Waals surface area contributed by atoms with Crippen LogP contribution in [0.25, 0.3) is 0 Å². The van der Waals surface area contributed by atoms with E-state index in [1.807, 2.05) is 24.5 Å². The highest BCUT2D eigenvalue weighted by atomic mass is 16.3. The third kappa shape index (κ3) is 5.01. The van der Waals surface area contributed by atoms with E-state index in [2.05, 4.69) is 25.5 Å². The number of rotatable bonds is 7. The molecule has 0 unspecified atom stereocenters. The Balaban J connectivity index is 1.59. The second-order valence-electron chi connectivity index (χ2n) is 4.58. The van der Waals surface area contributed by atoms with Gasteiger partial charge in [0.25, 0.3) is 5.91 Å². The molecule has 0 aliphatic carbocycles. The lowest BCUT2D eigenvalue weighted by molar-refractivity contribution is 0.0926. The van der Waals surface area contributed by atoms with Gasteiger partial charge in [0.1, 0.15) is 0 Å². The molecule has 0 fully saturated rings. The number of guanidine groups is 1. The van der Waals surface area contributed by atoms with Crippen molar-refractivity contribution >= 4 is 11.9 Å². The second kappa shape index (κ2) is 8.56. The molecule has 0 saturated carbocycles. The average Bonchev–Trinajstić information content (AvgIpc) is 3.22. The molecule has 0 radical (unpaired) electrons. The molecule has 2 aromatic heterocycles. The van der Waals surface area contributed by atoms with E-state index in [-0.39, 0.29) is 5.91 Å². The van der Waals surface area contributed by atoms with Crippen LogP contribution >= 0.6 is 0 Å². The van der Waals surface area contributed by atoms with Crippen molar-refractivity contribution < 1.29 is 9.21 Å².